The minimum atomic E-state index is 0.574. The lowest BCUT2D eigenvalue weighted by Gasteiger charge is -2.39. The first kappa shape index (κ1) is 14.0. The summed E-state index contributed by atoms with van der Waals surface area (Å²) >= 11 is 0. The summed E-state index contributed by atoms with van der Waals surface area (Å²) in [7, 11) is 4.11. The lowest BCUT2D eigenvalue weighted by molar-refractivity contribution is 0.212. The first-order valence-electron chi connectivity index (χ1n) is 7.44. The molecule has 2 aromatic heterocycles. The summed E-state index contributed by atoms with van der Waals surface area (Å²) in [5.74, 6) is 0.822. The van der Waals surface area contributed by atoms with E-state index >= 15 is 0 Å². The second-order valence-electron chi connectivity index (χ2n) is 5.63. The Labute approximate surface area is 125 Å². The molecule has 1 fully saturated rings. The molecular weight excluding hydrogens is 264 g/mol. The van der Waals surface area contributed by atoms with Gasteiger partial charge < -0.3 is 4.90 Å². The van der Waals surface area contributed by atoms with Gasteiger partial charge in [0.05, 0.1) is 11.9 Å². The fraction of sp³-hybridized carbons (Fsp3) is 0.533. The number of piperazine rings is 1. The van der Waals surface area contributed by atoms with Crippen LogP contribution < -0.4 is 4.90 Å². The predicted octanol–water partition coefficient (Wildman–Crippen LogP) is 1.41. The van der Waals surface area contributed by atoms with Gasteiger partial charge in [-0.15, -0.1) is 0 Å². The van der Waals surface area contributed by atoms with E-state index in [-0.39, 0.29) is 0 Å². The van der Waals surface area contributed by atoms with Crippen molar-refractivity contribution in [2.24, 2.45) is 7.05 Å². The minimum absolute atomic E-state index is 0.574. The van der Waals surface area contributed by atoms with Gasteiger partial charge in [-0.05, 0) is 19.5 Å². The Morgan fingerprint density at radius 2 is 2.14 bits per heavy atom. The van der Waals surface area contributed by atoms with Crippen molar-refractivity contribution in [3.05, 3.63) is 24.7 Å². The number of likely N-dealkylation sites (N-methyl/N-ethyl adjacent to an activating group) is 1. The SMILES string of the molecule is CC[C@@H]1CN(c2nccc(-c3cnn(C)c3)n2)CCN1C. The second kappa shape index (κ2) is 5.81. The van der Waals surface area contributed by atoms with Gasteiger partial charge in [-0.2, -0.15) is 5.10 Å². The van der Waals surface area contributed by atoms with Crippen molar-refractivity contribution < 1.29 is 0 Å². The fourth-order valence-corrected chi connectivity index (χ4v) is 2.78. The van der Waals surface area contributed by atoms with Crippen LogP contribution in [0.15, 0.2) is 24.7 Å². The van der Waals surface area contributed by atoms with Crippen LogP contribution in [-0.4, -0.2) is 57.4 Å². The number of anilines is 1. The summed E-state index contributed by atoms with van der Waals surface area (Å²) in [5, 5.41) is 4.21. The van der Waals surface area contributed by atoms with E-state index in [1.54, 1.807) is 4.68 Å². The monoisotopic (exact) mass is 286 g/mol. The van der Waals surface area contributed by atoms with E-state index in [0.29, 0.717) is 6.04 Å². The zero-order valence-electron chi connectivity index (χ0n) is 12.9. The molecule has 0 saturated carbocycles. The zero-order valence-corrected chi connectivity index (χ0v) is 12.9. The number of nitrogens with zero attached hydrogens (tertiary/aromatic N) is 6. The molecule has 6 heteroatoms. The average Bonchev–Trinajstić information content (AvgIpc) is 2.94. The van der Waals surface area contributed by atoms with Gasteiger partial charge in [0.15, 0.2) is 0 Å². The molecule has 0 amide bonds. The van der Waals surface area contributed by atoms with Crippen LogP contribution in [0.3, 0.4) is 0 Å². The highest BCUT2D eigenvalue weighted by Crippen LogP contribution is 2.20. The third-order valence-electron chi connectivity index (χ3n) is 4.17. The summed E-state index contributed by atoms with van der Waals surface area (Å²) < 4.78 is 1.79. The third kappa shape index (κ3) is 2.90. The molecule has 2 aromatic rings. The molecule has 0 aliphatic carbocycles. The summed E-state index contributed by atoms with van der Waals surface area (Å²) in [6.45, 7) is 5.25. The van der Waals surface area contributed by atoms with E-state index in [9.17, 15) is 0 Å². The van der Waals surface area contributed by atoms with Crippen LogP contribution in [0, 0.1) is 0 Å². The summed E-state index contributed by atoms with van der Waals surface area (Å²) in [6.07, 6.45) is 6.80. The minimum Gasteiger partial charge on any atom is -0.338 e. The van der Waals surface area contributed by atoms with Crippen molar-refractivity contribution in [1.82, 2.24) is 24.6 Å². The molecule has 1 saturated heterocycles. The van der Waals surface area contributed by atoms with Gasteiger partial charge in [0.2, 0.25) is 5.95 Å². The van der Waals surface area contributed by atoms with Gasteiger partial charge in [-0.3, -0.25) is 9.58 Å². The van der Waals surface area contributed by atoms with Gasteiger partial charge in [0.25, 0.3) is 0 Å². The molecule has 0 bridgehead atoms. The summed E-state index contributed by atoms with van der Waals surface area (Å²) in [5.41, 5.74) is 1.96. The maximum Gasteiger partial charge on any atom is 0.225 e. The first-order valence-corrected chi connectivity index (χ1v) is 7.44. The highest BCUT2D eigenvalue weighted by molar-refractivity contribution is 5.58. The second-order valence-corrected chi connectivity index (χ2v) is 5.63. The Morgan fingerprint density at radius 1 is 1.29 bits per heavy atom. The number of aryl methyl sites for hydroxylation is 1. The number of aromatic nitrogens is 4. The molecule has 1 aliphatic heterocycles. The van der Waals surface area contributed by atoms with Gasteiger partial charge >= 0.3 is 0 Å². The van der Waals surface area contributed by atoms with Crippen LogP contribution >= 0.6 is 0 Å². The van der Waals surface area contributed by atoms with Gasteiger partial charge in [-0.1, -0.05) is 6.92 Å². The molecule has 0 radical (unpaired) electrons. The topological polar surface area (TPSA) is 50.1 Å². The van der Waals surface area contributed by atoms with E-state index in [4.69, 9.17) is 4.98 Å². The predicted molar refractivity (Wildman–Crippen MR) is 83.2 cm³/mol. The molecule has 0 aromatic carbocycles. The molecule has 3 heterocycles. The Morgan fingerprint density at radius 3 is 2.86 bits per heavy atom. The van der Waals surface area contributed by atoms with Crippen molar-refractivity contribution >= 4 is 5.95 Å². The highest BCUT2D eigenvalue weighted by Gasteiger charge is 2.24. The maximum absolute atomic E-state index is 4.72. The van der Waals surface area contributed by atoms with Crippen molar-refractivity contribution in [2.45, 2.75) is 19.4 Å². The third-order valence-corrected chi connectivity index (χ3v) is 4.17. The molecule has 6 nitrogen and oxygen atoms in total. The number of rotatable bonds is 3. The van der Waals surface area contributed by atoms with Crippen LogP contribution in [0.2, 0.25) is 0 Å². The molecule has 21 heavy (non-hydrogen) atoms. The summed E-state index contributed by atoms with van der Waals surface area (Å²) in [6, 6.07) is 2.51. The van der Waals surface area contributed by atoms with Gasteiger partial charge in [0, 0.05) is 50.7 Å². The van der Waals surface area contributed by atoms with Crippen molar-refractivity contribution in [2.75, 3.05) is 31.6 Å². The molecule has 3 rings (SSSR count). The lowest BCUT2D eigenvalue weighted by Crippen LogP contribution is -2.51. The smallest absolute Gasteiger partial charge is 0.225 e. The zero-order chi connectivity index (χ0) is 14.8. The van der Waals surface area contributed by atoms with Crippen LogP contribution in [0.4, 0.5) is 5.95 Å². The normalized spacial score (nSPS) is 20.0. The highest BCUT2D eigenvalue weighted by atomic mass is 15.3. The molecular formula is C15H22N6. The van der Waals surface area contributed by atoms with E-state index < -0.39 is 0 Å². The van der Waals surface area contributed by atoms with Crippen LogP contribution in [0.25, 0.3) is 11.3 Å². The molecule has 0 spiro atoms. The van der Waals surface area contributed by atoms with Crippen molar-refractivity contribution in [3.8, 4) is 11.3 Å². The average molecular weight is 286 g/mol. The van der Waals surface area contributed by atoms with E-state index in [1.165, 1.54) is 0 Å². The largest absolute Gasteiger partial charge is 0.338 e. The Hall–Kier alpha value is -1.95. The Bertz CT molecular complexity index is 608. The van der Waals surface area contributed by atoms with Crippen LogP contribution in [0.1, 0.15) is 13.3 Å². The quantitative estimate of drug-likeness (QED) is 0.854. The van der Waals surface area contributed by atoms with Crippen LogP contribution in [-0.2, 0) is 7.05 Å². The van der Waals surface area contributed by atoms with Crippen LogP contribution in [0.5, 0.6) is 0 Å². The molecule has 112 valence electrons. The van der Waals surface area contributed by atoms with Gasteiger partial charge in [0.1, 0.15) is 0 Å². The standard InChI is InChI=1S/C15H22N6/c1-4-13-11-21(8-7-19(13)2)15-16-6-5-14(18-15)12-9-17-20(3)10-12/h5-6,9-10,13H,4,7-8,11H2,1-3H3/t13-/m1/s1. The lowest BCUT2D eigenvalue weighted by atomic mass is 10.1. The number of hydrogen-bond acceptors (Lipinski definition) is 5. The molecule has 1 atom stereocenters. The van der Waals surface area contributed by atoms with E-state index in [0.717, 1.165) is 43.3 Å². The van der Waals surface area contributed by atoms with Crippen molar-refractivity contribution in [3.63, 3.8) is 0 Å². The molecule has 1 aliphatic rings. The van der Waals surface area contributed by atoms with Gasteiger partial charge in [-0.25, -0.2) is 9.97 Å². The molecule has 0 N–H and O–H groups in total. The Kier molecular flexibility index (Phi) is 3.88. The number of hydrogen-bond donors (Lipinski definition) is 0. The van der Waals surface area contributed by atoms with E-state index in [2.05, 4.69) is 33.9 Å². The Balaban J connectivity index is 1.83. The fourth-order valence-electron chi connectivity index (χ4n) is 2.78. The summed E-state index contributed by atoms with van der Waals surface area (Å²) in [4.78, 5) is 13.9. The maximum atomic E-state index is 4.72. The van der Waals surface area contributed by atoms with E-state index in [1.807, 2.05) is 31.7 Å². The first-order chi connectivity index (χ1) is 10.2. The molecule has 0 unspecified atom stereocenters. The van der Waals surface area contributed by atoms with Crippen molar-refractivity contribution in [1.29, 1.82) is 0 Å².